The first-order valence-corrected chi connectivity index (χ1v) is 4.23. The van der Waals surface area contributed by atoms with Gasteiger partial charge in [0.25, 0.3) is 0 Å². The molecule has 5 heteroatoms. The average molecular weight is 191 g/mol. The number of carboxylic acid groups (broad SMARTS) is 1. The normalized spacial score (nSPS) is 13.2. The topological polar surface area (TPSA) is 78.8 Å². The predicted octanol–water partition coefficient (Wildman–Crippen LogP) is -0.553. The number of nitrogens with one attached hydrogen (secondary N) is 1. The molecule has 0 saturated heterocycles. The van der Waals surface area contributed by atoms with Gasteiger partial charge in [-0.25, -0.2) is 4.79 Å². The number of aliphatic hydroxyl groups is 1. The zero-order chi connectivity index (χ0) is 10.3. The summed E-state index contributed by atoms with van der Waals surface area (Å²) < 4.78 is 4.70. The van der Waals surface area contributed by atoms with Crippen LogP contribution >= 0.6 is 0 Å². The van der Waals surface area contributed by atoms with E-state index < -0.39 is 12.1 Å². The van der Waals surface area contributed by atoms with Crippen LogP contribution in [0, 0.1) is 0 Å². The van der Waals surface area contributed by atoms with E-state index >= 15 is 0 Å². The standard InChI is InChI=1S/C8H17NO4/c1-6(2)9-3-7(10)4-13-5-8(11)12/h6-7,9-10H,3-5H2,1-2H3,(H,11,12)/t7-/m1/s1. The molecule has 0 aliphatic carbocycles. The third-order valence-electron chi connectivity index (χ3n) is 1.30. The lowest BCUT2D eigenvalue weighted by Crippen LogP contribution is -2.34. The van der Waals surface area contributed by atoms with Gasteiger partial charge in [-0.05, 0) is 0 Å². The first kappa shape index (κ1) is 12.3. The van der Waals surface area contributed by atoms with Crippen molar-refractivity contribution in [3.63, 3.8) is 0 Å². The molecular weight excluding hydrogens is 174 g/mol. The highest BCUT2D eigenvalue weighted by Crippen LogP contribution is 1.85. The number of hydrogen-bond donors (Lipinski definition) is 3. The van der Waals surface area contributed by atoms with Crippen molar-refractivity contribution in [1.29, 1.82) is 0 Å². The van der Waals surface area contributed by atoms with E-state index in [9.17, 15) is 9.90 Å². The van der Waals surface area contributed by atoms with Gasteiger partial charge in [-0.15, -0.1) is 0 Å². The van der Waals surface area contributed by atoms with Gasteiger partial charge in [0.05, 0.1) is 12.7 Å². The van der Waals surface area contributed by atoms with E-state index in [1.807, 2.05) is 13.8 Å². The van der Waals surface area contributed by atoms with Gasteiger partial charge in [0.2, 0.25) is 0 Å². The Bertz CT molecular complexity index is 149. The highest BCUT2D eigenvalue weighted by atomic mass is 16.5. The zero-order valence-electron chi connectivity index (χ0n) is 7.99. The number of rotatable bonds is 7. The summed E-state index contributed by atoms with van der Waals surface area (Å²) in [5, 5.41) is 20.5. The molecule has 0 aliphatic rings. The van der Waals surface area contributed by atoms with E-state index in [1.54, 1.807) is 0 Å². The van der Waals surface area contributed by atoms with Gasteiger partial charge < -0.3 is 20.3 Å². The van der Waals surface area contributed by atoms with E-state index in [4.69, 9.17) is 9.84 Å². The van der Waals surface area contributed by atoms with E-state index in [0.29, 0.717) is 12.6 Å². The Morgan fingerprint density at radius 1 is 1.54 bits per heavy atom. The number of carbonyl (C=O) groups is 1. The minimum Gasteiger partial charge on any atom is -0.480 e. The van der Waals surface area contributed by atoms with E-state index in [0.717, 1.165) is 0 Å². The van der Waals surface area contributed by atoms with E-state index in [1.165, 1.54) is 0 Å². The molecular formula is C8H17NO4. The second-order valence-electron chi connectivity index (χ2n) is 3.13. The summed E-state index contributed by atoms with van der Waals surface area (Å²) in [5.41, 5.74) is 0. The van der Waals surface area contributed by atoms with Crippen LogP contribution in [0.15, 0.2) is 0 Å². The largest absolute Gasteiger partial charge is 0.480 e. The van der Waals surface area contributed by atoms with Gasteiger partial charge in [-0.3, -0.25) is 0 Å². The molecule has 0 amide bonds. The quantitative estimate of drug-likeness (QED) is 0.503. The molecule has 0 aromatic heterocycles. The summed E-state index contributed by atoms with van der Waals surface area (Å²) in [6.07, 6.45) is -0.651. The van der Waals surface area contributed by atoms with Crippen molar-refractivity contribution in [2.24, 2.45) is 0 Å². The summed E-state index contributed by atoms with van der Waals surface area (Å²) >= 11 is 0. The molecule has 0 aromatic rings. The second kappa shape index (κ2) is 6.82. The number of hydrogen-bond acceptors (Lipinski definition) is 4. The van der Waals surface area contributed by atoms with E-state index in [2.05, 4.69) is 5.32 Å². The van der Waals surface area contributed by atoms with Gasteiger partial charge in [0, 0.05) is 12.6 Å². The van der Waals surface area contributed by atoms with Gasteiger partial charge in [-0.1, -0.05) is 13.8 Å². The number of aliphatic hydroxyl groups excluding tert-OH is 1. The van der Waals surface area contributed by atoms with Crippen molar-refractivity contribution in [2.75, 3.05) is 19.8 Å². The molecule has 0 radical (unpaired) electrons. The van der Waals surface area contributed by atoms with Gasteiger partial charge in [0.15, 0.2) is 0 Å². The summed E-state index contributed by atoms with van der Waals surface area (Å²) in [7, 11) is 0. The van der Waals surface area contributed by atoms with Crippen LogP contribution in [0.3, 0.4) is 0 Å². The van der Waals surface area contributed by atoms with Crippen molar-refractivity contribution in [2.45, 2.75) is 26.0 Å². The molecule has 0 unspecified atom stereocenters. The fourth-order valence-electron chi connectivity index (χ4n) is 0.713. The molecule has 0 aliphatic heterocycles. The van der Waals surface area contributed by atoms with Crippen molar-refractivity contribution in [3.05, 3.63) is 0 Å². The van der Waals surface area contributed by atoms with Crippen LogP contribution < -0.4 is 5.32 Å². The third-order valence-corrected chi connectivity index (χ3v) is 1.30. The first-order chi connectivity index (χ1) is 6.02. The van der Waals surface area contributed by atoms with Crippen LogP contribution in [0.1, 0.15) is 13.8 Å². The lowest BCUT2D eigenvalue weighted by atomic mass is 10.3. The Balaban J connectivity index is 3.29. The molecule has 0 saturated carbocycles. The summed E-state index contributed by atoms with van der Waals surface area (Å²) in [6.45, 7) is 4.03. The Morgan fingerprint density at radius 3 is 2.62 bits per heavy atom. The monoisotopic (exact) mass is 191 g/mol. The molecule has 3 N–H and O–H groups in total. The van der Waals surface area contributed by atoms with Crippen LogP contribution in [0.2, 0.25) is 0 Å². The first-order valence-electron chi connectivity index (χ1n) is 4.23. The molecule has 5 nitrogen and oxygen atoms in total. The highest BCUT2D eigenvalue weighted by Gasteiger charge is 2.05. The lowest BCUT2D eigenvalue weighted by molar-refractivity contribution is -0.143. The van der Waals surface area contributed by atoms with Crippen LogP contribution in [0.4, 0.5) is 0 Å². The molecule has 1 atom stereocenters. The van der Waals surface area contributed by atoms with Gasteiger partial charge >= 0.3 is 5.97 Å². The lowest BCUT2D eigenvalue weighted by Gasteiger charge is -2.13. The summed E-state index contributed by atoms with van der Waals surface area (Å²) in [6, 6.07) is 0.300. The fraction of sp³-hybridized carbons (Fsp3) is 0.875. The fourth-order valence-corrected chi connectivity index (χ4v) is 0.713. The second-order valence-corrected chi connectivity index (χ2v) is 3.13. The van der Waals surface area contributed by atoms with Crippen molar-refractivity contribution < 1.29 is 19.7 Å². The van der Waals surface area contributed by atoms with Crippen molar-refractivity contribution >= 4 is 5.97 Å². The van der Waals surface area contributed by atoms with Crippen LogP contribution in [0.5, 0.6) is 0 Å². The Hall–Kier alpha value is -0.650. The molecule has 0 heterocycles. The zero-order valence-corrected chi connectivity index (χ0v) is 7.99. The maximum atomic E-state index is 10.0. The molecule has 0 rings (SSSR count). The average Bonchev–Trinajstić information content (AvgIpc) is 2.00. The maximum Gasteiger partial charge on any atom is 0.329 e. The van der Waals surface area contributed by atoms with Crippen molar-refractivity contribution in [3.8, 4) is 0 Å². The van der Waals surface area contributed by atoms with Gasteiger partial charge in [-0.2, -0.15) is 0 Å². The van der Waals surface area contributed by atoms with Gasteiger partial charge in [0.1, 0.15) is 6.61 Å². The van der Waals surface area contributed by atoms with Crippen LogP contribution in [0.25, 0.3) is 0 Å². The third kappa shape index (κ3) is 9.26. The van der Waals surface area contributed by atoms with Crippen molar-refractivity contribution in [1.82, 2.24) is 5.32 Å². The van der Waals surface area contributed by atoms with Crippen LogP contribution in [-0.2, 0) is 9.53 Å². The molecule has 0 spiro atoms. The van der Waals surface area contributed by atoms with E-state index in [-0.39, 0.29) is 13.2 Å². The Kier molecular flexibility index (Phi) is 6.48. The molecule has 0 bridgehead atoms. The maximum absolute atomic E-state index is 10.0. The summed E-state index contributed by atoms with van der Waals surface area (Å²) in [4.78, 5) is 10.0. The Morgan fingerprint density at radius 2 is 2.15 bits per heavy atom. The highest BCUT2D eigenvalue weighted by molar-refractivity contribution is 5.67. The molecule has 13 heavy (non-hydrogen) atoms. The molecule has 0 fully saturated rings. The Labute approximate surface area is 77.7 Å². The SMILES string of the molecule is CC(C)NC[C@@H](O)COCC(=O)O. The minimum absolute atomic E-state index is 0.0476. The summed E-state index contributed by atoms with van der Waals surface area (Å²) in [5.74, 6) is -1.02. The number of ether oxygens (including phenoxy) is 1. The number of carboxylic acids is 1. The van der Waals surface area contributed by atoms with Crippen LogP contribution in [-0.4, -0.2) is 48.1 Å². The molecule has 0 aromatic carbocycles. The molecule has 78 valence electrons. The minimum atomic E-state index is -1.02. The smallest absolute Gasteiger partial charge is 0.329 e. The number of aliphatic carboxylic acids is 1. The predicted molar refractivity (Wildman–Crippen MR) is 47.6 cm³/mol.